The van der Waals surface area contributed by atoms with E-state index in [0.717, 1.165) is 0 Å². The van der Waals surface area contributed by atoms with E-state index in [1.807, 2.05) is 135 Å². The average Bonchev–Trinajstić information content (AvgIpc) is 2.96. The molecule has 0 saturated carbocycles. The molecule has 0 heterocycles. The first-order chi connectivity index (χ1) is 17.4. The molecule has 0 aliphatic rings. The van der Waals surface area contributed by atoms with Crippen LogP contribution in [0.3, 0.4) is 0 Å². The number of hydrogen-bond donors (Lipinski definition) is 0. The second-order valence-corrected chi connectivity index (χ2v) is 13.8. The minimum atomic E-state index is -3.26. The minimum absolute atomic E-state index is 0.0192. The zero-order valence-corrected chi connectivity index (χ0v) is 22.4. The average molecular weight is 519 g/mol. The quantitative estimate of drug-likeness (QED) is 0.224. The summed E-state index contributed by atoms with van der Waals surface area (Å²) < 4.78 is 40.7. The second kappa shape index (κ2) is 12.0. The highest BCUT2D eigenvalue weighted by Gasteiger charge is 2.32. The highest BCUT2D eigenvalue weighted by Crippen LogP contribution is 2.47. The fraction of sp³-hybridized carbons (Fsp3) is 0.200. The molecule has 0 amide bonds. The molecule has 2 atom stereocenters. The summed E-state index contributed by atoms with van der Waals surface area (Å²) in [5, 5.41) is 2.69. The van der Waals surface area contributed by atoms with Crippen molar-refractivity contribution in [3.63, 3.8) is 0 Å². The van der Waals surface area contributed by atoms with Gasteiger partial charge in [-0.25, -0.2) is 0 Å². The number of benzene rings is 4. The third-order valence-corrected chi connectivity index (χ3v) is 11.3. The summed E-state index contributed by atoms with van der Waals surface area (Å²) in [7, 11) is -6.52. The Hall–Kier alpha value is -2.74. The second-order valence-electron chi connectivity index (χ2n) is 8.99. The van der Waals surface area contributed by atoms with Crippen LogP contribution >= 0.6 is 14.7 Å². The van der Waals surface area contributed by atoms with Crippen LogP contribution in [-0.2, 0) is 18.2 Å². The van der Waals surface area contributed by atoms with Crippen molar-refractivity contribution in [1.82, 2.24) is 0 Å². The summed E-state index contributed by atoms with van der Waals surface area (Å²) >= 11 is 0. The Bertz CT molecular complexity index is 1120. The van der Waals surface area contributed by atoms with E-state index >= 15 is 0 Å². The van der Waals surface area contributed by atoms with Crippen LogP contribution in [0.2, 0.25) is 0 Å². The molecule has 0 radical (unpaired) electrons. The first-order valence-electron chi connectivity index (χ1n) is 12.1. The Labute approximate surface area is 214 Å². The fourth-order valence-electron chi connectivity index (χ4n) is 3.87. The van der Waals surface area contributed by atoms with E-state index in [1.54, 1.807) is 0 Å². The smallest absolute Gasteiger partial charge is 0.261 e. The van der Waals surface area contributed by atoms with Gasteiger partial charge < -0.3 is 9.05 Å². The summed E-state index contributed by atoms with van der Waals surface area (Å²) in [6.45, 7) is 4.66. The molecular weight excluding hydrogens is 486 g/mol. The Kier molecular flexibility index (Phi) is 8.77. The molecule has 4 aromatic carbocycles. The van der Waals surface area contributed by atoms with Gasteiger partial charge in [0.2, 0.25) is 0 Å². The predicted octanol–water partition coefficient (Wildman–Crippen LogP) is 6.15. The van der Waals surface area contributed by atoms with Gasteiger partial charge in [0, 0.05) is 21.2 Å². The van der Waals surface area contributed by atoms with Crippen LogP contribution in [0.5, 0.6) is 0 Å². The lowest BCUT2D eigenvalue weighted by Gasteiger charge is -2.26. The van der Waals surface area contributed by atoms with Gasteiger partial charge in [-0.1, -0.05) is 86.6 Å². The summed E-state index contributed by atoms with van der Waals surface area (Å²) in [6.07, 6.45) is 0. The Morgan fingerprint density at radius 3 is 0.917 bits per heavy atom. The molecule has 186 valence electrons. The first-order valence-corrected chi connectivity index (χ1v) is 15.4. The highest BCUT2D eigenvalue weighted by atomic mass is 31.2. The van der Waals surface area contributed by atoms with Gasteiger partial charge in [-0.3, -0.25) is 9.13 Å². The maximum atomic E-state index is 14.1. The summed E-state index contributed by atoms with van der Waals surface area (Å²) in [5.74, 6) is 0.0384. The normalized spacial score (nSPS) is 13.7. The SMILES string of the molecule is CC(COP(=O)(c1ccccc1)c1ccccc1)C(C)COP(=O)(c1ccccc1)c1ccccc1. The monoisotopic (exact) mass is 518 g/mol. The maximum Gasteiger partial charge on any atom is 0.261 e. The largest absolute Gasteiger partial charge is 0.322 e. The van der Waals surface area contributed by atoms with Crippen molar-refractivity contribution >= 4 is 36.0 Å². The third-order valence-electron chi connectivity index (χ3n) is 6.39. The molecule has 0 fully saturated rings. The topological polar surface area (TPSA) is 52.6 Å². The molecule has 0 saturated heterocycles. The van der Waals surface area contributed by atoms with Crippen LogP contribution in [0.15, 0.2) is 121 Å². The van der Waals surface area contributed by atoms with E-state index in [1.165, 1.54) is 0 Å². The van der Waals surface area contributed by atoms with Crippen molar-refractivity contribution in [3.8, 4) is 0 Å². The van der Waals surface area contributed by atoms with Gasteiger partial charge in [0.25, 0.3) is 14.7 Å². The van der Waals surface area contributed by atoms with Crippen molar-refractivity contribution in [2.45, 2.75) is 13.8 Å². The molecule has 2 unspecified atom stereocenters. The molecule has 6 heteroatoms. The van der Waals surface area contributed by atoms with Gasteiger partial charge >= 0.3 is 0 Å². The molecular formula is C30H32O4P2. The van der Waals surface area contributed by atoms with Gasteiger partial charge in [-0.2, -0.15) is 0 Å². The molecule has 0 spiro atoms. The van der Waals surface area contributed by atoms with Crippen molar-refractivity contribution < 1.29 is 18.2 Å². The van der Waals surface area contributed by atoms with Gasteiger partial charge in [0.05, 0.1) is 13.2 Å². The fourth-order valence-corrected chi connectivity index (χ4v) is 8.21. The number of hydrogen-bond acceptors (Lipinski definition) is 4. The molecule has 0 aliphatic heterocycles. The van der Waals surface area contributed by atoms with Crippen LogP contribution < -0.4 is 21.2 Å². The van der Waals surface area contributed by atoms with Gasteiger partial charge in [-0.15, -0.1) is 0 Å². The molecule has 0 aromatic heterocycles. The van der Waals surface area contributed by atoms with E-state index < -0.39 is 14.7 Å². The molecule has 0 aliphatic carbocycles. The van der Waals surface area contributed by atoms with Crippen LogP contribution in [0.25, 0.3) is 0 Å². The van der Waals surface area contributed by atoms with E-state index in [4.69, 9.17) is 9.05 Å². The van der Waals surface area contributed by atoms with Gasteiger partial charge in [-0.05, 0) is 60.4 Å². The summed E-state index contributed by atoms with van der Waals surface area (Å²) in [4.78, 5) is 0. The Morgan fingerprint density at radius 2 is 0.694 bits per heavy atom. The van der Waals surface area contributed by atoms with Crippen LogP contribution in [0, 0.1) is 11.8 Å². The summed E-state index contributed by atoms with van der Waals surface area (Å²) in [6, 6.07) is 37.4. The van der Waals surface area contributed by atoms with Crippen molar-refractivity contribution in [2.75, 3.05) is 13.2 Å². The van der Waals surface area contributed by atoms with E-state index in [9.17, 15) is 9.13 Å². The summed E-state index contributed by atoms with van der Waals surface area (Å²) in [5.41, 5.74) is 0. The minimum Gasteiger partial charge on any atom is -0.322 e. The highest BCUT2D eigenvalue weighted by molar-refractivity contribution is 7.74. The van der Waals surface area contributed by atoms with Crippen molar-refractivity contribution in [1.29, 1.82) is 0 Å². The Balaban J connectivity index is 1.48. The first kappa shape index (κ1) is 26.3. The Morgan fingerprint density at radius 1 is 0.472 bits per heavy atom. The zero-order valence-electron chi connectivity index (χ0n) is 20.6. The van der Waals surface area contributed by atoms with Crippen LogP contribution in [-0.4, -0.2) is 13.2 Å². The van der Waals surface area contributed by atoms with E-state index in [2.05, 4.69) is 0 Å². The van der Waals surface area contributed by atoms with Crippen LogP contribution in [0.1, 0.15) is 13.8 Å². The van der Waals surface area contributed by atoms with Gasteiger partial charge in [0.1, 0.15) is 0 Å². The molecule has 0 N–H and O–H groups in total. The lowest BCUT2D eigenvalue weighted by atomic mass is 9.98. The molecule has 4 aromatic rings. The van der Waals surface area contributed by atoms with Crippen molar-refractivity contribution in [3.05, 3.63) is 121 Å². The maximum absolute atomic E-state index is 14.1. The van der Waals surface area contributed by atoms with E-state index in [-0.39, 0.29) is 25.0 Å². The molecule has 0 bridgehead atoms. The standard InChI is InChI=1S/C30H32O4P2/c1-25(23-33-35(31,27-15-7-3-8-16-27)28-17-9-4-10-18-28)26(2)24-34-36(32,29-19-11-5-12-20-29)30-21-13-6-14-22-30/h3-22,25-26H,23-24H2,1-2H3. The predicted molar refractivity (Wildman–Crippen MR) is 150 cm³/mol. The third kappa shape index (κ3) is 5.97. The zero-order chi connectivity index (χ0) is 25.4. The molecule has 4 rings (SSSR count). The number of rotatable bonds is 11. The van der Waals surface area contributed by atoms with E-state index in [0.29, 0.717) is 21.2 Å². The van der Waals surface area contributed by atoms with Crippen molar-refractivity contribution in [2.24, 2.45) is 11.8 Å². The lowest BCUT2D eigenvalue weighted by Crippen LogP contribution is -2.25. The van der Waals surface area contributed by atoms with Crippen LogP contribution in [0.4, 0.5) is 0 Å². The molecule has 36 heavy (non-hydrogen) atoms. The lowest BCUT2D eigenvalue weighted by molar-refractivity contribution is 0.171. The molecule has 4 nitrogen and oxygen atoms in total. The van der Waals surface area contributed by atoms with Gasteiger partial charge in [0.15, 0.2) is 0 Å².